The minimum Gasteiger partial charge on any atom is -0.324 e. The number of halogens is 1. The number of hydrogen-bond donors (Lipinski definition) is 1. The van der Waals surface area contributed by atoms with Crippen LogP contribution in [-0.2, 0) is 29.1 Å². The molecule has 1 aliphatic carbocycles. The van der Waals surface area contributed by atoms with Crippen molar-refractivity contribution in [3.63, 3.8) is 0 Å². The second kappa shape index (κ2) is 8.36. The number of benzene rings is 2. The number of Topliss-reactive ketones (excluding diaryl/α,β-unsaturated/α-hetero) is 1. The molecule has 1 unspecified atom stereocenters. The zero-order valence-electron chi connectivity index (χ0n) is 23.1. The van der Waals surface area contributed by atoms with Crippen molar-refractivity contribution in [2.24, 2.45) is 19.5 Å². The zero-order valence-corrected chi connectivity index (χ0v) is 25.5. The Kier molecular flexibility index (Phi) is 5.32. The SMILES string of the molecule is Cc1cc(Br)cc2sc(N3C4=C(C(=O)CC(C)(C)C4)C4(C(=O)Nc5ccccc54)c4c3n(C)c(=O)n(C)c4=O)nc12. The number of carbonyl (C=O) groups excluding carboxylic acids is 2. The maximum atomic E-state index is 14.3. The average molecular weight is 633 g/mol. The average Bonchev–Trinajstić information content (AvgIpc) is 3.44. The fraction of sp³-hybridized carbons (Fsp3) is 0.300. The van der Waals surface area contributed by atoms with Crippen molar-refractivity contribution in [1.82, 2.24) is 14.1 Å². The summed E-state index contributed by atoms with van der Waals surface area (Å²) in [6.07, 6.45) is 0.650. The van der Waals surface area contributed by atoms with Crippen molar-refractivity contribution < 1.29 is 9.59 Å². The molecule has 2 aliphatic heterocycles. The van der Waals surface area contributed by atoms with Crippen LogP contribution in [0.1, 0.15) is 43.4 Å². The van der Waals surface area contributed by atoms with Crippen molar-refractivity contribution in [2.75, 3.05) is 10.2 Å². The van der Waals surface area contributed by atoms with Crippen LogP contribution in [0.3, 0.4) is 0 Å². The van der Waals surface area contributed by atoms with Crippen LogP contribution in [0.2, 0.25) is 0 Å². The Morgan fingerprint density at radius 3 is 2.51 bits per heavy atom. The van der Waals surface area contributed by atoms with E-state index >= 15 is 0 Å². The molecule has 41 heavy (non-hydrogen) atoms. The Labute approximate surface area is 247 Å². The number of amides is 1. The van der Waals surface area contributed by atoms with Crippen molar-refractivity contribution in [1.29, 1.82) is 0 Å². The number of ketones is 1. The first-order valence-electron chi connectivity index (χ1n) is 13.2. The smallest absolute Gasteiger partial charge is 0.324 e. The van der Waals surface area contributed by atoms with Crippen LogP contribution in [0.4, 0.5) is 16.6 Å². The third kappa shape index (κ3) is 3.30. The van der Waals surface area contributed by atoms with Crippen molar-refractivity contribution in [3.05, 3.63) is 89.7 Å². The number of anilines is 3. The van der Waals surface area contributed by atoms with Crippen LogP contribution in [0.25, 0.3) is 10.2 Å². The zero-order chi connectivity index (χ0) is 29.2. The highest BCUT2D eigenvalue weighted by molar-refractivity contribution is 9.10. The fourth-order valence-electron chi connectivity index (χ4n) is 6.78. The van der Waals surface area contributed by atoms with Gasteiger partial charge < -0.3 is 5.32 Å². The summed E-state index contributed by atoms with van der Waals surface area (Å²) in [6, 6.07) is 11.1. The molecule has 3 aliphatic rings. The number of fused-ring (bicyclic) bond motifs is 6. The van der Waals surface area contributed by atoms with Gasteiger partial charge in [0.2, 0.25) is 5.91 Å². The van der Waals surface area contributed by atoms with Crippen LogP contribution < -0.4 is 21.5 Å². The molecular weight excluding hydrogens is 606 g/mol. The number of thiazole rings is 1. The summed E-state index contributed by atoms with van der Waals surface area (Å²) in [5.41, 5.74) is 0.465. The van der Waals surface area contributed by atoms with Crippen LogP contribution in [-0.4, -0.2) is 25.8 Å². The summed E-state index contributed by atoms with van der Waals surface area (Å²) in [6.45, 7) is 6.00. The van der Waals surface area contributed by atoms with E-state index in [-0.39, 0.29) is 29.2 Å². The summed E-state index contributed by atoms with van der Waals surface area (Å²) in [5.74, 6) is -0.417. The molecular formula is C30H26BrN5O4S. The van der Waals surface area contributed by atoms with Crippen LogP contribution in [0.15, 0.2) is 61.7 Å². The first-order valence-corrected chi connectivity index (χ1v) is 14.8. The van der Waals surface area contributed by atoms with Crippen molar-refractivity contribution in [3.8, 4) is 0 Å². The van der Waals surface area contributed by atoms with E-state index in [9.17, 15) is 19.2 Å². The molecule has 1 spiro atoms. The number of nitrogens with one attached hydrogen (secondary N) is 1. The molecule has 2 aromatic carbocycles. The number of rotatable bonds is 1. The molecule has 1 amide bonds. The van der Waals surface area contributed by atoms with E-state index in [2.05, 4.69) is 21.2 Å². The normalized spacial score (nSPS) is 20.9. The molecule has 1 atom stereocenters. The molecule has 0 fully saturated rings. The van der Waals surface area contributed by atoms with Gasteiger partial charge in [0.15, 0.2) is 10.9 Å². The molecule has 7 rings (SSSR count). The van der Waals surface area contributed by atoms with Gasteiger partial charge in [-0.2, -0.15) is 0 Å². The summed E-state index contributed by atoms with van der Waals surface area (Å²) >= 11 is 4.98. The van der Waals surface area contributed by atoms with E-state index in [1.54, 1.807) is 36.2 Å². The van der Waals surface area contributed by atoms with Gasteiger partial charge in [-0.15, -0.1) is 0 Å². The Hall–Kier alpha value is -3.83. The quantitative estimate of drug-likeness (QED) is 0.324. The Balaban J connectivity index is 1.70. The molecule has 11 heteroatoms. The summed E-state index contributed by atoms with van der Waals surface area (Å²) in [7, 11) is 2.99. The highest BCUT2D eigenvalue weighted by atomic mass is 79.9. The van der Waals surface area contributed by atoms with Gasteiger partial charge in [-0.3, -0.25) is 28.4 Å². The molecule has 4 aromatic rings. The molecule has 9 nitrogen and oxygen atoms in total. The van der Waals surface area contributed by atoms with Gasteiger partial charge in [0, 0.05) is 47.5 Å². The van der Waals surface area contributed by atoms with Gasteiger partial charge in [0.25, 0.3) is 5.56 Å². The lowest BCUT2D eigenvalue weighted by atomic mass is 9.61. The lowest BCUT2D eigenvalue weighted by Gasteiger charge is -2.47. The molecule has 1 N–H and O–H groups in total. The summed E-state index contributed by atoms with van der Waals surface area (Å²) < 4.78 is 4.23. The van der Waals surface area contributed by atoms with E-state index in [1.807, 2.05) is 32.9 Å². The van der Waals surface area contributed by atoms with Gasteiger partial charge in [-0.05, 0) is 42.5 Å². The number of allylic oxidation sites excluding steroid dienone is 1. The molecule has 0 radical (unpaired) electrons. The minimum atomic E-state index is -1.71. The second-order valence-electron chi connectivity index (χ2n) is 11.8. The van der Waals surface area contributed by atoms with E-state index in [0.29, 0.717) is 28.5 Å². The van der Waals surface area contributed by atoms with Gasteiger partial charge in [0.05, 0.1) is 15.8 Å². The molecule has 0 saturated heterocycles. The molecule has 0 bridgehead atoms. The van der Waals surface area contributed by atoms with Crippen LogP contribution in [0, 0.1) is 12.3 Å². The van der Waals surface area contributed by atoms with E-state index < -0.39 is 28.0 Å². The number of carbonyl (C=O) groups is 2. The molecule has 4 heterocycles. The minimum absolute atomic E-state index is 0.0773. The maximum absolute atomic E-state index is 14.3. The highest BCUT2D eigenvalue weighted by Gasteiger charge is 2.62. The maximum Gasteiger partial charge on any atom is 0.332 e. The first-order chi connectivity index (χ1) is 19.4. The van der Waals surface area contributed by atoms with Crippen molar-refractivity contribution >= 4 is 65.8 Å². The van der Waals surface area contributed by atoms with E-state index in [1.165, 1.54) is 23.0 Å². The van der Waals surface area contributed by atoms with Crippen LogP contribution in [0.5, 0.6) is 0 Å². The molecule has 208 valence electrons. The third-order valence-electron chi connectivity index (χ3n) is 8.47. The number of para-hydroxylation sites is 1. The predicted molar refractivity (Wildman–Crippen MR) is 162 cm³/mol. The lowest BCUT2D eigenvalue weighted by molar-refractivity contribution is -0.123. The number of hydrogen-bond acceptors (Lipinski definition) is 7. The lowest BCUT2D eigenvalue weighted by Crippen LogP contribution is -2.56. The van der Waals surface area contributed by atoms with Gasteiger partial charge in [-0.1, -0.05) is 59.3 Å². The summed E-state index contributed by atoms with van der Waals surface area (Å²) in [4.78, 5) is 63.1. The fourth-order valence-corrected chi connectivity index (χ4v) is 8.61. The third-order valence-corrected chi connectivity index (χ3v) is 9.91. The Bertz CT molecular complexity index is 2050. The standard InChI is InChI=1S/C30H26BrN5O4S/c1-14-10-15(31)11-20-23(14)33-27(41-20)36-18-12-29(2,3)13-19(37)21(18)30(16-8-6-7-9-17(16)32-26(30)39)22-24(36)34(4)28(40)35(5)25(22)38/h6-11H,12-13H2,1-5H3,(H,32,39). The number of aryl methyl sites for hydroxylation is 1. The van der Waals surface area contributed by atoms with Gasteiger partial charge in [0.1, 0.15) is 11.2 Å². The predicted octanol–water partition coefficient (Wildman–Crippen LogP) is 4.80. The number of nitrogens with zero attached hydrogens (tertiary/aromatic N) is 4. The first kappa shape index (κ1) is 26.1. The highest BCUT2D eigenvalue weighted by Crippen LogP contribution is 2.59. The van der Waals surface area contributed by atoms with Gasteiger partial charge >= 0.3 is 5.69 Å². The monoisotopic (exact) mass is 631 g/mol. The number of aromatic nitrogens is 3. The van der Waals surface area contributed by atoms with Crippen LogP contribution >= 0.6 is 27.3 Å². The van der Waals surface area contributed by atoms with E-state index in [4.69, 9.17) is 4.98 Å². The molecule has 2 aromatic heterocycles. The Morgan fingerprint density at radius 2 is 1.76 bits per heavy atom. The molecule has 0 saturated carbocycles. The Morgan fingerprint density at radius 1 is 1.02 bits per heavy atom. The van der Waals surface area contributed by atoms with E-state index in [0.717, 1.165) is 24.8 Å². The second-order valence-corrected chi connectivity index (χ2v) is 13.7. The summed E-state index contributed by atoms with van der Waals surface area (Å²) in [5, 5.41) is 3.46. The van der Waals surface area contributed by atoms with Crippen molar-refractivity contribution in [2.45, 2.75) is 39.0 Å². The topological polar surface area (TPSA) is 106 Å². The largest absolute Gasteiger partial charge is 0.332 e. The van der Waals surface area contributed by atoms with Gasteiger partial charge in [-0.25, -0.2) is 9.78 Å².